The number of aromatic amines is 1. The molecule has 0 atom stereocenters. The van der Waals surface area contributed by atoms with Crippen molar-refractivity contribution >= 4 is 27.8 Å². The number of ether oxygens (including phenoxy) is 1. The van der Waals surface area contributed by atoms with E-state index in [1.54, 1.807) is 0 Å². The molecule has 1 aliphatic rings. The molecule has 0 unspecified atom stereocenters. The minimum Gasteiger partial charge on any atom is -0.379 e. The van der Waals surface area contributed by atoms with Crippen molar-refractivity contribution in [3.05, 3.63) is 102 Å². The Morgan fingerprint density at radius 3 is 2.49 bits per heavy atom. The zero-order valence-electron chi connectivity index (χ0n) is 20.7. The Bertz CT molecular complexity index is 1520. The van der Waals surface area contributed by atoms with Crippen molar-refractivity contribution in [1.29, 1.82) is 0 Å². The van der Waals surface area contributed by atoms with Gasteiger partial charge in [0.2, 0.25) is 0 Å². The average Bonchev–Trinajstić information content (AvgIpc) is 3.32. The summed E-state index contributed by atoms with van der Waals surface area (Å²) in [6, 6.07) is 26.8. The largest absolute Gasteiger partial charge is 0.379 e. The normalized spacial score (nSPS) is 14.3. The van der Waals surface area contributed by atoms with Gasteiger partial charge < -0.3 is 15.0 Å². The molecule has 0 bridgehead atoms. The molecule has 0 saturated carbocycles. The third kappa shape index (κ3) is 5.26. The predicted octanol–water partition coefficient (Wildman–Crippen LogP) is 5.19. The molecule has 1 amide bonds. The van der Waals surface area contributed by atoms with Crippen LogP contribution in [0.4, 0.5) is 0 Å². The minimum absolute atomic E-state index is 0.0430. The van der Waals surface area contributed by atoms with Crippen LogP contribution in [0.3, 0.4) is 0 Å². The first kappa shape index (κ1) is 23.4. The first-order chi connectivity index (χ1) is 18.2. The number of pyridine rings is 1. The molecule has 5 aromatic rings. The highest BCUT2D eigenvalue weighted by Gasteiger charge is 2.12. The number of H-pyrrole nitrogens is 1. The van der Waals surface area contributed by atoms with Crippen LogP contribution >= 0.6 is 0 Å². The fraction of sp³-hybridized carbons (Fsp3) is 0.226. The van der Waals surface area contributed by atoms with Gasteiger partial charge in [-0.1, -0.05) is 48.5 Å². The Morgan fingerprint density at radius 2 is 1.68 bits per heavy atom. The van der Waals surface area contributed by atoms with Crippen LogP contribution in [0, 0.1) is 0 Å². The van der Waals surface area contributed by atoms with Gasteiger partial charge >= 0.3 is 0 Å². The van der Waals surface area contributed by atoms with Gasteiger partial charge in [-0.2, -0.15) is 0 Å². The number of aromatic nitrogens is 2. The lowest BCUT2D eigenvalue weighted by Gasteiger charge is -2.26. The molecule has 6 nitrogen and oxygen atoms in total. The molecule has 2 aromatic heterocycles. The number of hydrogen-bond donors (Lipinski definition) is 2. The molecular weight excluding hydrogens is 460 g/mol. The molecule has 3 aromatic carbocycles. The summed E-state index contributed by atoms with van der Waals surface area (Å²) in [5, 5.41) is 5.28. The molecule has 186 valence electrons. The molecule has 37 heavy (non-hydrogen) atoms. The highest BCUT2D eigenvalue weighted by molar-refractivity contribution is 6.07. The number of amides is 1. The van der Waals surface area contributed by atoms with Gasteiger partial charge in [-0.25, -0.2) is 4.98 Å². The number of rotatable bonds is 7. The molecule has 6 heteroatoms. The SMILES string of the molecule is O=C(NCCc1ccc2[nH]c3ncc(-c4ccc(CN5CCOCC5)cc4)cc3c2c1)c1ccccc1. The Hall–Kier alpha value is -4.00. The fourth-order valence-electron chi connectivity index (χ4n) is 4.97. The van der Waals surface area contributed by atoms with Gasteiger partial charge in [0, 0.05) is 59.8 Å². The number of carbonyl (C=O) groups excluding carboxylic acids is 1. The number of fused-ring (bicyclic) bond motifs is 3. The molecule has 3 heterocycles. The van der Waals surface area contributed by atoms with Crippen LogP contribution in [-0.4, -0.2) is 53.6 Å². The highest BCUT2D eigenvalue weighted by atomic mass is 16.5. The zero-order chi connectivity index (χ0) is 25.0. The van der Waals surface area contributed by atoms with Crippen LogP contribution in [0.1, 0.15) is 21.5 Å². The maximum absolute atomic E-state index is 12.3. The van der Waals surface area contributed by atoms with E-state index in [1.807, 2.05) is 36.5 Å². The first-order valence-electron chi connectivity index (χ1n) is 12.9. The van der Waals surface area contributed by atoms with Gasteiger partial charge in [0.25, 0.3) is 5.91 Å². The van der Waals surface area contributed by atoms with Crippen LogP contribution in [0.25, 0.3) is 33.1 Å². The maximum Gasteiger partial charge on any atom is 0.251 e. The lowest BCUT2D eigenvalue weighted by atomic mass is 10.0. The summed E-state index contributed by atoms with van der Waals surface area (Å²) in [7, 11) is 0. The molecule has 1 fully saturated rings. The smallest absolute Gasteiger partial charge is 0.251 e. The van der Waals surface area contributed by atoms with Crippen molar-refractivity contribution < 1.29 is 9.53 Å². The fourth-order valence-corrected chi connectivity index (χ4v) is 4.97. The van der Waals surface area contributed by atoms with E-state index in [-0.39, 0.29) is 5.91 Å². The van der Waals surface area contributed by atoms with Crippen LogP contribution < -0.4 is 5.32 Å². The van der Waals surface area contributed by atoms with Crippen LogP contribution in [0.2, 0.25) is 0 Å². The summed E-state index contributed by atoms with van der Waals surface area (Å²) >= 11 is 0. The minimum atomic E-state index is -0.0430. The number of morpholine rings is 1. The van der Waals surface area contributed by atoms with Crippen molar-refractivity contribution in [3.8, 4) is 11.1 Å². The number of nitrogens with zero attached hydrogens (tertiary/aromatic N) is 2. The second-order valence-corrected chi connectivity index (χ2v) is 9.58. The zero-order valence-corrected chi connectivity index (χ0v) is 20.7. The van der Waals surface area contributed by atoms with Gasteiger partial charge in [0.05, 0.1) is 13.2 Å². The van der Waals surface area contributed by atoms with Crippen molar-refractivity contribution in [3.63, 3.8) is 0 Å². The summed E-state index contributed by atoms with van der Waals surface area (Å²) in [6.07, 6.45) is 2.70. The van der Waals surface area contributed by atoms with E-state index in [1.165, 1.54) is 11.1 Å². The molecule has 0 spiro atoms. The second kappa shape index (κ2) is 10.5. The Balaban J connectivity index is 1.18. The number of carbonyl (C=O) groups is 1. The molecule has 1 aliphatic heterocycles. The summed E-state index contributed by atoms with van der Waals surface area (Å²) in [4.78, 5) is 22.9. The van der Waals surface area contributed by atoms with Crippen molar-refractivity contribution in [2.24, 2.45) is 0 Å². The van der Waals surface area contributed by atoms with Crippen LogP contribution in [-0.2, 0) is 17.7 Å². The third-order valence-corrected chi connectivity index (χ3v) is 7.05. The van der Waals surface area contributed by atoms with Crippen LogP contribution in [0.5, 0.6) is 0 Å². The molecule has 6 rings (SSSR count). The lowest BCUT2D eigenvalue weighted by Crippen LogP contribution is -2.35. The van der Waals surface area contributed by atoms with Crippen molar-refractivity contribution in [2.45, 2.75) is 13.0 Å². The Labute approximate surface area is 216 Å². The number of nitrogens with one attached hydrogen (secondary N) is 2. The number of benzene rings is 3. The third-order valence-electron chi connectivity index (χ3n) is 7.05. The summed E-state index contributed by atoms with van der Waals surface area (Å²) in [6.45, 7) is 5.16. The molecule has 2 N–H and O–H groups in total. The maximum atomic E-state index is 12.3. The van der Waals surface area contributed by atoms with Crippen molar-refractivity contribution in [2.75, 3.05) is 32.8 Å². The van der Waals surface area contributed by atoms with E-state index >= 15 is 0 Å². The van der Waals surface area contributed by atoms with Gasteiger partial charge in [-0.05, 0) is 53.4 Å². The van der Waals surface area contributed by atoms with E-state index in [9.17, 15) is 4.79 Å². The quantitative estimate of drug-likeness (QED) is 0.330. The van der Waals surface area contributed by atoms with E-state index in [0.29, 0.717) is 12.1 Å². The highest BCUT2D eigenvalue weighted by Crippen LogP contribution is 2.29. The monoisotopic (exact) mass is 490 g/mol. The number of hydrogen-bond acceptors (Lipinski definition) is 4. The first-order valence-corrected chi connectivity index (χ1v) is 12.9. The van der Waals surface area contributed by atoms with Gasteiger partial charge in [0.1, 0.15) is 5.65 Å². The second-order valence-electron chi connectivity index (χ2n) is 9.58. The molecule has 0 radical (unpaired) electrons. The topological polar surface area (TPSA) is 70.2 Å². The molecule has 1 saturated heterocycles. The summed E-state index contributed by atoms with van der Waals surface area (Å²) in [5.41, 5.74) is 7.40. The van der Waals surface area contributed by atoms with E-state index < -0.39 is 0 Å². The standard InChI is InChI=1S/C31H30N4O2/c36-31(25-4-2-1-3-5-25)32-13-12-22-8-11-29-27(18-22)28-19-26(20-33-30(28)34-29)24-9-6-23(7-10-24)21-35-14-16-37-17-15-35/h1-11,18-20H,12-17,21H2,(H,32,36)(H,33,34). The lowest BCUT2D eigenvalue weighted by molar-refractivity contribution is 0.0342. The Morgan fingerprint density at radius 1 is 0.892 bits per heavy atom. The molecule has 0 aliphatic carbocycles. The van der Waals surface area contributed by atoms with Crippen LogP contribution in [0.15, 0.2) is 85.1 Å². The summed E-state index contributed by atoms with van der Waals surface area (Å²) in [5.74, 6) is -0.0430. The van der Waals surface area contributed by atoms with Crippen molar-refractivity contribution in [1.82, 2.24) is 20.2 Å². The summed E-state index contributed by atoms with van der Waals surface area (Å²) < 4.78 is 5.46. The average molecular weight is 491 g/mol. The van der Waals surface area contributed by atoms with E-state index in [4.69, 9.17) is 9.72 Å². The van der Waals surface area contributed by atoms with Gasteiger partial charge in [-0.15, -0.1) is 0 Å². The molecular formula is C31H30N4O2. The van der Waals surface area contributed by atoms with E-state index in [2.05, 4.69) is 63.7 Å². The Kier molecular flexibility index (Phi) is 6.67. The van der Waals surface area contributed by atoms with E-state index in [0.717, 1.165) is 72.3 Å². The van der Waals surface area contributed by atoms with Gasteiger partial charge in [-0.3, -0.25) is 9.69 Å². The van der Waals surface area contributed by atoms with Gasteiger partial charge in [0.15, 0.2) is 0 Å². The predicted molar refractivity (Wildman–Crippen MR) is 148 cm³/mol.